The van der Waals surface area contributed by atoms with E-state index in [1.54, 1.807) is 0 Å². The first kappa shape index (κ1) is 12.6. The molecule has 1 aromatic carbocycles. The molecule has 0 unspecified atom stereocenters. The second-order valence-corrected chi connectivity index (χ2v) is 3.78. The fourth-order valence-electron chi connectivity index (χ4n) is 1.36. The number of aryl methyl sites for hydroxylation is 1. The summed E-state index contributed by atoms with van der Waals surface area (Å²) in [5, 5.41) is 0. The Bertz CT molecular complexity index is 345. The highest BCUT2D eigenvalue weighted by atomic mass is 16.5. The first-order chi connectivity index (χ1) is 7.67. The third-order valence-electron chi connectivity index (χ3n) is 2.09. The molecule has 0 aliphatic rings. The SMILES string of the molecule is CCc1ccc(OC(C)C)c(OCC=O)c1. The molecule has 0 bridgehead atoms. The van der Waals surface area contributed by atoms with Crippen molar-refractivity contribution in [1.29, 1.82) is 0 Å². The van der Waals surface area contributed by atoms with E-state index >= 15 is 0 Å². The molecular weight excluding hydrogens is 204 g/mol. The van der Waals surface area contributed by atoms with Gasteiger partial charge in [-0.05, 0) is 38.0 Å². The van der Waals surface area contributed by atoms with Gasteiger partial charge in [-0.15, -0.1) is 0 Å². The quantitative estimate of drug-likeness (QED) is 0.694. The van der Waals surface area contributed by atoms with Crippen LogP contribution >= 0.6 is 0 Å². The van der Waals surface area contributed by atoms with Crippen LogP contribution in [0.5, 0.6) is 11.5 Å². The second-order valence-electron chi connectivity index (χ2n) is 3.78. The van der Waals surface area contributed by atoms with Crippen LogP contribution < -0.4 is 9.47 Å². The van der Waals surface area contributed by atoms with Crippen LogP contribution in [0.1, 0.15) is 26.3 Å². The Morgan fingerprint density at radius 3 is 2.62 bits per heavy atom. The Balaban J connectivity index is 2.91. The lowest BCUT2D eigenvalue weighted by molar-refractivity contribution is -0.109. The summed E-state index contributed by atoms with van der Waals surface area (Å²) in [4.78, 5) is 10.3. The predicted octanol–water partition coefficient (Wildman–Crippen LogP) is 2.61. The summed E-state index contributed by atoms with van der Waals surface area (Å²) in [6.07, 6.45) is 1.75. The molecule has 0 aliphatic carbocycles. The molecule has 0 saturated heterocycles. The van der Waals surface area contributed by atoms with Gasteiger partial charge in [0.2, 0.25) is 0 Å². The van der Waals surface area contributed by atoms with Gasteiger partial charge in [-0.2, -0.15) is 0 Å². The van der Waals surface area contributed by atoms with E-state index < -0.39 is 0 Å². The molecule has 16 heavy (non-hydrogen) atoms. The standard InChI is InChI=1S/C13H18O3/c1-4-11-5-6-12(16-10(2)3)13(9-11)15-8-7-14/h5-7,9-10H,4,8H2,1-3H3. The number of benzene rings is 1. The molecule has 0 fully saturated rings. The smallest absolute Gasteiger partial charge is 0.162 e. The molecule has 3 heteroatoms. The molecule has 0 atom stereocenters. The normalized spacial score (nSPS) is 10.2. The molecule has 0 saturated carbocycles. The van der Waals surface area contributed by atoms with E-state index in [4.69, 9.17) is 9.47 Å². The van der Waals surface area contributed by atoms with Crippen LogP contribution in [0.25, 0.3) is 0 Å². The number of hydrogen-bond acceptors (Lipinski definition) is 3. The number of ether oxygens (including phenoxy) is 2. The highest BCUT2D eigenvalue weighted by Crippen LogP contribution is 2.29. The summed E-state index contributed by atoms with van der Waals surface area (Å²) in [6, 6.07) is 5.81. The fraction of sp³-hybridized carbons (Fsp3) is 0.462. The van der Waals surface area contributed by atoms with Crippen molar-refractivity contribution >= 4 is 6.29 Å². The summed E-state index contributed by atoms with van der Waals surface area (Å²) in [5.74, 6) is 1.33. The van der Waals surface area contributed by atoms with E-state index in [1.165, 1.54) is 0 Å². The Morgan fingerprint density at radius 2 is 2.06 bits per heavy atom. The van der Waals surface area contributed by atoms with E-state index in [9.17, 15) is 4.79 Å². The van der Waals surface area contributed by atoms with Gasteiger partial charge < -0.3 is 9.47 Å². The van der Waals surface area contributed by atoms with Gasteiger partial charge in [0, 0.05) is 0 Å². The first-order valence-corrected chi connectivity index (χ1v) is 5.53. The molecule has 0 spiro atoms. The molecular formula is C13H18O3. The number of hydrogen-bond donors (Lipinski definition) is 0. The van der Waals surface area contributed by atoms with E-state index in [1.807, 2.05) is 32.0 Å². The predicted molar refractivity (Wildman–Crippen MR) is 63.1 cm³/mol. The van der Waals surface area contributed by atoms with Gasteiger partial charge in [-0.3, -0.25) is 4.79 Å². The van der Waals surface area contributed by atoms with Crippen molar-refractivity contribution in [1.82, 2.24) is 0 Å². The highest BCUT2D eigenvalue weighted by Gasteiger charge is 2.07. The first-order valence-electron chi connectivity index (χ1n) is 5.53. The second kappa shape index (κ2) is 6.16. The minimum atomic E-state index is 0.0572. The molecule has 0 N–H and O–H groups in total. The summed E-state index contributed by atoms with van der Waals surface area (Å²) in [5.41, 5.74) is 1.16. The number of rotatable bonds is 6. The van der Waals surface area contributed by atoms with E-state index in [0.29, 0.717) is 11.5 Å². The zero-order chi connectivity index (χ0) is 12.0. The Hall–Kier alpha value is -1.51. The Morgan fingerprint density at radius 1 is 1.31 bits per heavy atom. The average molecular weight is 222 g/mol. The Kier molecular flexibility index (Phi) is 4.83. The van der Waals surface area contributed by atoms with Gasteiger partial charge in [0.25, 0.3) is 0 Å². The van der Waals surface area contributed by atoms with Crippen molar-refractivity contribution in [2.45, 2.75) is 33.3 Å². The molecule has 3 nitrogen and oxygen atoms in total. The van der Waals surface area contributed by atoms with Gasteiger partial charge in [-0.25, -0.2) is 0 Å². The van der Waals surface area contributed by atoms with E-state index in [2.05, 4.69) is 6.92 Å². The number of aldehydes is 1. The number of carbonyl (C=O) groups excluding carboxylic acids is 1. The van der Waals surface area contributed by atoms with E-state index in [-0.39, 0.29) is 12.7 Å². The third kappa shape index (κ3) is 3.57. The van der Waals surface area contributed by atoms with Gasteiger partial charge in [0.05, 0.1) is 6.10 Å². The van der Waals surface area contributed by atoms with Crippen LogP contribution in [0.4, 0.5) is 0 Å². The zero-order valence-electron chi connectivity index (χ0n) is 10.0. The summed E-state index contributed by atoms with van der Waals surface area (Å²) < 4.78 is 10.9. The lowest BCUT2D eigenvalue weighted by Gasteiger charge is -2.14. The van der Waals surface area contributed by atoms with Crippen LogP contribution in [0.3, 0.4) is 0 Å². The van der Waals surface area contributed by atoms with E-state index in [0.717, 1.165) is 18.3 Å². The van der Waals surface area contributed by atoms with Gasteiger partial charge in [0.1, 0.15) is 6.61 Å². The Labute approximate surface area is 96.4 Å². The molecule has 0 aliphatic heterocycles. The molecule has 0 heterocycles. The number of carbonyl (C=O) groups is 1. The highest BCUT2D eigenvalue weighted by molar-refractivity contribution is 5.52. The van der Waals surface area contributed by atoms with Crippen LogP contribution in [0, 0.1) is 0 Å². The lowest BCUT2D eigenvalue weighted by atomic mass is 10.1. The molecule has 88 valence electrons. The average Bonchev–Trinajstić information content (AvgIpc) is 2.27. The largest absolute Gasteiger partial charge is 0.487 e. The topological polar surface area (TPSA) is 35.5 Å². The van der Waals surface area contributed by atoms with Crippen LogP contribution in [0.2, 0.25) is 0 Å². The summed E-state index contributed by atoms with van der Waals surface area (Å²) in [6.45, 7) is 6.04. The minimum Gasteiger partial charge on any atom is -0.487 e. The summed E-state index contributed by atoms with van der Waals surface area (Å²) in [7, 11) is 0. The van der Waals surface area contributed by atoms with Gasteiger partial charge in [0.15, 0.2) is 17.8 Å². The van der Waals surface area contributed by atoms with Crippen molar-refractivity contribution in [3.63, 3.8) is 0 Å². The van der Waals surface area contributed by atoms with Crippen LogP contribution in [0.15, 0.2) is 18.2 Å². The van der Waals surface area contributed by atoms with Crippen molar-refractivity contribution < 1.29 is 14.3 Å². The van der Waals surface area contributed by atoms with Crippen molar-refractivity contribution in [2.24, 2.45) is 0 Å². The lowest BCUT2D eigenvalue weighted by Crippen LogP contribution is -2.08. The minimum absolute atomic E-state index is 0.0572. The molecule has 0 amide bonds. The maximum atomic E-state index is 10.3. The molecule has 1 aromatic rings. The molecule has 0 aromatic heterocycles. The zero-order valence-corrected chi connectivity index (χ0v) is 10.0. The third-order valence-corrected chi connectivity index (χ3v) is 2.09. The van der Waals surface area contributed by atoms with Gasteiger partial charge >= 0.3 is 0 Å². The van der Waals surface area contributed by atoms with Crippen LogP contribution in [-0.4, -0.2) is 19.0 Å². The van der Waals surface area contributed by atoms with Crippen molar-refractivity contribution in [3.05, 3.63) is 23.8 Å². The van der Waals surface area contributed by atoms with Crippen LogP contribution in [-0.2, 0) is 11.2 Å². The monoisotopic (exact) mass is 222 g/mol. The fourth-order valence-corrected chi connectivity index (χ4v) is 1.36. The maximum absolute atomic E-state index is 10.3. The molecule has 0 radical (unpaired) electrons. The maximum Gasteiger partial charge on any atom is 0.162 e. The van der Waals surface area contributed by atoms with Crippen molar-refractivity contribution in [2.75, 3.05) is 6.61 Å². The summed E-state index contributed by atoms with van der Waals surface area (Å²) >= 11 is 0. The van der Waals surface area contributed by atoms with Crippen molar-refractivity contribution in [3.8, 4) is 11.5 Å². The van der Waals surface area contributed by atoms with Gasteiger partial charge in [-0.1, -0.05) is 13.0 Å². The molecule has 1 rings (SSSR count).